The van der Waals surface area contributed by atoms with Crippen LogP contribution in [0.1, 0.15) is 12.1 Å². The van der Waals surface area contributed by atoms with E-state index in [9.17, 15) is 28.6 Å². The molecule has 7 N–H and O–H groups in total. The number of thiol groups is 1. The predicted molar refractivity (Wildman–Crippen MR) is 107 cm³/mol. The number of nitrogens with two attached hydrogens (primary N) is 1. The lowest BCUT2D eigenvalue weighted by atomic mass is 10.1. The molecule has 1 aliphatic heterocycles. The third kappa shape index (κ3) is 5.74. The van der Waals surface area contributed by atoms with E-state index in [4.69, 9.17) is 24.8 Å². The number of nitrogen functional groups attached to an aromatic ring is 1. The lowest BCUT2D eigenvalue weighted by molar-refractivity contribution is -0.0288. The molecular formula is C11H18N5O12P3S. The molecule has 21 heteroatoms. The van der Waals surface area contributed by atoms with Gasteiger partial charge in [0.25, 0.3) is 0 Å². The molecule has 32 heavy (non-hydrogen) atoms. The van der Waals surface area contributed by atoms with Gasteiger partial charge in [-0.2, -0.15) is 21.3 Å². The summed E-state index contributed by atoms with van der Waals surface area (Å²) in [5.41, 5.74) is 6.17. The molecule has 2 aromatic rings. The van der Waals surface area contributed by atoms with Crippen molar-refractivity contribution < 1.29 is 56.3 Å². The van der Waals surface area contributed by atoms with E-state index in [0.29, 0.717) is 5.82 Å². The first kappa shape index (κ1) is 25.6. The number of ether oxygens (including phenoxy) is 1. The highest BCUT2D eigenvalue weighted by Gasteiger charge is 2.50. The number of fused-ring (bicyclic) bond motifs is 1. The Kier molecular flexibility index (Phi) is 7.21. The zero-order valence-corrected chi connectivity index (χ0v) is 19.4. The smallest absolute Gasteiger partial charge is 0.386 e. The Balaban J connectivity index is 1.85. The molecule has 3 rings (SSSR count). The molecule has 2 aromatic heterocycles. The van der Waals surface area contributed by atoms with Gasteiger partial charge in [0.2, 0.25) is 0 Å². The molecule has 0 saturated carbocycles. The SMILES string of the molecule is Cc1nc(N)c2ncn([C@H]3O[C@H](CS)[C@@H](OP(=O)(O)OP(=O)(O)OP(=O)(O)O)[C@H]3O)c2n1. The molecule has 1 aliphatic rings. The minimum atomic E-state index is -5.74. The first-order valence-electron chi connectivity index (χ1n) is 8.36. The molecular weight excluding hydrogens is 519 g/mol. The number of rotatable bonds is 8. The van der Waals surface area contributed by atoms with Crippen molar-refractivity contribution in [2.24, 2.45) is 0 Å². The maximum Gasteiger partial charge on any atom is 0.490 e. The number of aliphatic hydroxyl groups is 1. The van der Waals surface area contributed by atoms with Crippen LogP contribution in [0.15, 0.2) is 6.33 Å². The van der Waals surface area contributed by atoms with Crippen LogP contribution in [0.25, 0.3) is 11.2 Å². The molecule has 180 valence electrons. The van der Waals surface area contributed by atoms with E-state index < -0.39 is 48.0 Å². The van der Waals surface area contributed by atoms with Crippen LogP contribution in [0, 0.1) is 6.92 Å². The number of aryl methyl sites for hydroxylation is 1. The second kappa shape index (κ2) is 9.00. The van der Waals surface area contributed by atoms with Gasteiger partial charge >= 0.3 is 23.5 Å². The fraction of sp³-hybridized carbons (Fsp3) is 0.545. The first-order valence-corrected chi connectivity index (χ1v) is 13.5. The van der Waals surface area contributed by atoms with Crippen molar-refractivity contribution in [3.8, 4) is 0 Å². The number of imidazole rings is 1. The summed E-state index contributed by atoms with van der Waals surface area (Å²) in [6.45, 7) is 1.56. The van der Waals surface area contributed by atoms with Crippen molar-refractivity contribution in [2.75, 3.05) is 11.5 Å². The molecule has 1 saturated heterocycles. The van der Waals surface area contributed by atoms with Crippen molar-refractivity contribution in [1.29, 1.82) is 0 Å². The molecule has 0 aromatic carbocycles. The molecule has 3 heterocycles. The summed E-state index contributed by atoms with van der Waals surface area (Å²) < 4.78 is 53.4. The molecule has 0 bridgehead atoms. The highest BCUT2D eigenvalue weighted by atomic mass is 32.1. The lowest BCUT2D eigenvalue weighted by Crippen LogP contribution is -2.34. The summed E-state index contributed by atoms with van der Waals surface area (Å²) in [6, 6.07) is 0. The maximum absolute atomic E-state index is 12.2. The van der Waals surface area contributed by atoms with Crippen LogP contribution in [0.4, 0.5) is 5.82 Å². The van der Waals surface area contributed by atoms with Crippen LogP contribution in [-0.4, -0.2) is 68.3 Å². The van der Waals surface area contributed by atoms with Gasteiger partial charge in [0.05, 0.1) is 12.4 Å². The van der Waals surface area contributed by atoms with Gasteiger partial charge in [-0.3, -0.25) is 9.09 Å². The zero-order valence-electron chi connectivity index (χ0n) is 15.8. The van der Waals surface area contributed by atoms with Crippen LogP contribution in [0.5, 0.6) is 0 Å². The van der Waals surface area contributed by atoms with Gasteiger partial charge in [-0.15, -0.1) is 0 Å². The quantitative estimate of drug-likeness (QED) is 0.167. The molecule has 0 spiro atoms. The van der Waals surface area contributed by atoms with Crippen LogP contribution in [-0.2, 0) is 31.6 Å². The van der Waals surface area contributed by atoms with E-state index in [1.807, 2.05) is 0 Å². The number of aliphatic hydroxyl groups excluding tert-OH is 1. The standard InChI is InChI=1S/C11H18N5O12P3S/c1-4-14-9(12)6-10(15-4)16(3-13-6)11-7(17)8(5(2-32)25-11)26-30(21,22)28-31(23,24)27-29(18,19)20/h3,5,7-8,11,17,32H,2H2,1H3,(H,21,22)(H,23,24)(H2,12,14,15)(H2,18,19,20)/t5-,7-,8-,11+/m1/s1. The first-order chi connectivity index (χ1) is 14.6. The normalized spacial score (nSPS) is 28.0. The van der Waals surface area contributed by atoms with E-state index in [0.717, 1.165) is 0 Å². The Hall–Kier alpha value is -0.970. The highest BCUT2D eigenvalue weighted by Crippen LogP contribution is 2.67. The topological polar surface area (TPSA) is 259 Å². The van der Waals surface area contributed by atoms with E-state index in [1.165, 1.54) is 10.9 Å². The Labute approximate surface area is 184 Å². The van der Waals surface area contributed by atoms with Crippen LogP contribution < -0.4 is 5.73 Å². The summed E-state index contributed by atoms with van der Waals surface area (Å²) >= 11 is 4.02. The second-order valence-electron chi connectivity index (χ2n) is 6.38. The number of hydrogen-bond acceptors (Lipinski definition) is 13. The maximum atomic E-state index is 12.2. The Bertz CT molecular complexity index is 1160. The molecule has 2 unspecified atom stereocenters. The number of anilines is 1. The third-order valence-electron chi connectivity index (χ3n) is 3.99. The molecule has 6 atom stereocenters. The number of phosphoric acid groups is 3. The largest absolute Gasteiger partial charge is 0.490 e. The van der Waals surface area contributed by atoms with Crippen molar-refractivity contribution in [3.05, 3.63) is 12.2 Å². The number of aromatic nitrogens is 4. The Morgan fingerprint density at radius 2 is 1.84 bits per heavy atom. The number of phosphoric ester groups is 1. The fourth-order valence-electron chi connectivity index (χ4n) is 2.92. The van der Waals surface area contributed by atoms with E-state index >= 15 is 0 Å². The average molecular weight is 537 g/mol. The van der Waals surface area contributed by atoms with Crippen LogP contribution in [0.3, 0.4) is 0 Å². The third-order valence-corrected chi connectivity index (χ3v) is 8.19. The van der Waals surface area contributed by atoms with Crippen LogP contribution in [0.2, 0.25) is 0 Å². The fourth-order valence-corrected chi connectivity index (χ4v) is 6.44. The summed E-state index contributed by atoms with van der Waals surface area (Å²) in [5, 5.41) is 10.7. The van der Waals surface area contributed by atoms with E-state index in [-0.39, 0.29) is 22.7 Å². The monoisotopic (exact) mass is 537 g/mol. The summed E-state index contributed by atoms with van der Waals surface area (Å²) in [4.78, 5) is 48.4. The molecule has 17 nitrogen and oxygen atoms in total. The number of nitrogens with zero attached hydrogens (tertiary/aromatic N) is 4. The second-order valence-corrected chi connectivity index (χ2v) is 11.1. The zero-order chi connectivity index (χ0) is 24.1. The van der Waals surface area contributed by atoms with Gasteiger partial charge in [-0.05, 0) is 6.92 Å². The van der Waals surface area contributed by atoms with Gasteiger partial charge in [-0.1, -0.05) is 0 Å². The van der Waals surface area contributed by atoms with Gasteiger partial charge in [0, 0.05) is 5.75 Å². The molecule has 1 fully saturated rings. The van der Waals surface area contributed by atoms with E-state index in [2.05, 4.69) is 36.2 Å². The summed E-state index contributed by atoms with van der Waals surface area (Å²) in [6.07, 6.45) is -4.54. The average Bonchev–Trinajstić information content (AvgIpc) is 3.13. The van der Waals surface area contributed by atoms with E-state index in [1.54, 1.807) is 6.92 Å². The minimum absolute atomic E-state index is 0.0642. The summed E-state index contributed by atoms with van der Waals surface area (Å²) in [5.74, 6) is 0.200. The summed E-state index contributed by atoms with van der Waals surface area (Å²) in [7, 11) is -16.8. The Morgan fingerprint density at radius 1 is 1.19 bits per heavy atom. The van der Waals surface area contributed by atoms with Crippen LogP contribution >= 0.6 is 36.1 Å². The predicted octanol–water partition coefficient (Wildman–Crippen LogP) is -0.383. The Morgan fingerprint density at radius 3 is 2.44 bits per heavy atom. The molecule has 0 aliphatic carbocycles. The molecule has 0 radical (unpaired) electrons. The van der Waals surface area contributed by atoms with Crippen molar-refractivity contribution >= 4 is 53.1 Å². The van der Waals surface area contributed by atoms with Gasteiger partial charge in [0.15, 0.2) is 17.7 Å². The van der Waals surface area contributed by atoms with Crippen molar-refractivity contribution in [3.63, 3.8) is 0 Å². The number of hydrogen-bond donors (Lipinski definition) is 7. The minimum Gasteiger partial charge on any atom is -0.386 e. The molecule has 0 amide bonds. The van der Waals surface area contributed by atoms with Gasteiger partial charge < -0.3 is 35.2 Å². The van der Waals surface area contributed by atoms with Gasteiger partial charge in [0.1, 0.15) is 23.5 Å². The van der Waals surface area contributed by atoms with Gasteiger partial charge in [-0.25, -0.2) is 28.6 Å². The highest BCUT2D eigenvalue weighted by molar-refractivity contribution is 7.80. The lowest BCUT2D eigenvalue weighted by Gasteiger charge is -2.23. The van der Waals surface area contributed by atoms with Crippen molar-refractivity contribution in [2.45, 2.75) is 31.5 Å². The van der Waals surface area contributed by atoms with Crippen molar-refractivity contribution in [1.82, 2.24) is 19.5 Å².